The van der Waals surface area contributed by atoms with Crippen molar-refractivity contribution in [3.63, 3.8) is 0 Å². The maximum Gasteiger partial charge on any atom is 0.321 e. The van der Waals surface area contributed by atoms with Gasteiger partial charge >= 0.3 is 5.97 Å². The first-order valence-corrected chi connectivity index (χ1v) is 8.90. The topological polar surface area (TPSA) is 74.3 Å². The number of aromatic nitrogens is 1. The predicted molar refractivity (Wildman–Crippen MR) is 102 cm³/mol. The van der Waals surface area contributed by atoms with Crippen LogP contribution in [0.4, 0.5) is 0 Å². The largest absolute Gasteiger partial charge is 0.494 e. The fourth-order valence-electron chi connectivity index (χ4n) is 2.97. The number of hydrogen-bond acceptors (Lipinski definition) is 3. The molecule has 1 aromatic heterocycles. The molecule has 0 aliphatic heterocycles. The van der Waals surface area contributed by atoms with Crippen LogP contribution < -0.4 is 10.1 Å². The Hall–Kier alpha value is -2.79. The lowest BCUT2D eigenvalue weighted by Crippen LogP contribution is -2.38. The van der Waals surface area contributed by atoms with E-state index >= 15 is 0 Å². The molecular formula is C21H24N2O3. The quantitative estimate of drug-likeness (QED) is 0.548. The second-order valence-electron chi connectivity index (χ2n) is 6.33. The third-order valence-corrected chi connectivity index (χ3v) is 4.32. The van der Waals surface area contributed by atoms with E-state index in [1.165, 1.54) is 0 Å². The molecule has 0 fully saturated rings. The van der Waals surface area contributed by atoms with Crippen molar-refractivity contribution < 1.29 is 14.6 Å². The average Bonchev–Trinajstić information content (AvgIpc) is 3.06. The van der Waals surface area contributed by atoms with Crippen molar-refractivity contribution in [2.24, 2.45) is 0 Å². The molecule has 3 aromatic rings. The number of nitrogens with one attached hydrogen (secondary N) is 2. The molecule has 5 heteroatoms. The second-order valence-corrected chi connectivity index (χ2v) is 6.33. The van der Waals surface area contributed by atoms with Crippen LogP contribution in [0.25, 0.3) is 10.9 Å². The molecule has 2 aromatic carbocycles. The van der Waals surface area contributed by atoms with Gasteiger partial charge in [-0.05, 0) is 35.7 Å². The van der Waals surface area contributed by atoms with E-state index in [4.69, 9.17) is 4.74 Å². The molecule has 1 atom stereocenters. The van der Waals surface area contributed by atoms with Crippen LogP contribution in [0.1, 0.15) is 24.5 Å². The summed E-state index contributed by atoms with van der Waals surface area (Å²) >= 11 is 0. The van der Waals surface area contributed by atoms with Crippen molar-refractivity contribution in [3.05, 3.63) is 65.9 Å². The van der Waals surface area contributed by atoms with Gasteiger partial charge in [0.2, 0.25) is 0 Å². The Morgan fingerprint density at radius 2 is 2.08 bits per heavy atom. The summed E-state index contributed by atoms with van der Waals surface area (Å²) in [6, 6.07) is 15.0. The number of carbonyl (C=O) groups is 1. The molecule has 0 aliphatic rings. The zero-order chi connectivity index (χ0) is 18.4. The maximum atomic E-state index is 11.7. The third-order valence-electron chi connectivity index (χ3n) is 4.32. The summed E-state index contributed by atoms with van der Waals surface area (Å²) in [4.78, 5) is 14.9. The number of para-hydroxylation sites is 1. The number of hydrogen-bond donors (Lipinski definition) is 3. The molecular weight excluding hydrogens is 328 g/mol. The van der Waals surface area contributed by atoms with Crippen LogP contribution >= 0.6 is 0 Å². The molecule has 3 rings (SSSR count). The van der Waals surface area contributed by atoms with Gasteiger partial charge in [-0.1, -0.05) is 37.3 Å². The molecule has 3 N–H and O–H groups in total. The van der Waals surface area contributed by atoms with Crippen LogP contribution in [0.3, 0.4) is 0 Å². The van der Waals surface area contributed by atoms with Gasteiger partial charge in [0.1, 0.15) is 11.8 Å². The smallest absolute Gasteiger partial charge is 0.321 e. The molecule has 0 spiro atoms. The Morgan fingerprint density at radius 1 is 1.23 bits per heavy atom. The lowest BCUT2D eigenvalue weighted by atomic mass is 10.0. The summed E-state index contributed by atoms with van der Waals surface area (Å²) in [6.45, 7) is 3.21. The van der Waals surface area contributed by atoms with Crippen molar-refractivity contribution in [3.8, 4) is 5.75 Å². The van der Waals surface area contributed by atoms with Crippen LogP contribution in [0, 0.1) is 0 Å². The molecule has 5 nitrogen and oxygen atoms in total. The van der Waals surface area contributed by atoms with E-state index in [0.717, 1.165) is 34.2 Å². The molecule has 1 heterocycles. The van der Waals surface area contributed by atoms with Crippen molar-refractivity contribution in [2.75, 3.05) is 6.61 Å². The monoisotopic (exact) mass is 352 g/mol. The Balaban J connectivity index is 1.67. The minimum atomic E-state index is -0.853. The zero-order valence-electron chi connectivity index (χ0n) is 14.9. The van der Waals surface area contributed by atoms with Crippen LogP contribution in [-0.2, 0) is 17.8 Å². The minimum Gasteiger partial charge on any atom is -0.494 e. The summed E-state index contributed by atoms with van der Waals surface area (Å²) in [7, 11) is 0. The van der Waals surface area contributed by atoms with E-state index in [0.29, 0.717) is 19.6 Å². The van der Waals surface area contributed by atoms with Gasteiger partial charge in [-0.15, -0.1) is 0 Å². The van der Waals surface area contributed by atoms with E-state index in [2.05, 4.69) is 17.2 Å². The van der Waals surface area contributed by atoms with Gasteiger partial charge in [0.05, 0.1) is 6.61 Å². The minimum absolute atomic E-state index is 0.422. The molecule has 0 amide bonds. The van der Waals surface area contributed by atoms with E-state index in [1.807, 2.05) is 54.7 Å². The number of aliphatic carboxylic acids is 1. The van der Waals surface area contributed by atoms with Crippen LogP contribution in [0.2, 0.25) is 0 Å². The summed E-state index contributed by atoms with van der Waals surface area (Å²) in [6.07, 6.45) is 3.26. The number of rotatable bonds is 9. The third kappa shape index (κ3) is 4.43. The molecule has 0 aliphatic carbocycles. The van der Waals surface area contributed by atoms with Crippen molar-refractivity contribution >= 4 is 16.9 Å². The molecule has 0 radical (unpaired) electrons. The summed E-state index contributed by atoms with van der Waals surface area (Å²) < 4.78 is 5.64. The van der Waals surface area contributed by atoms with Gasteiger partial charge < -0.3 is 20.1 Å². The van der Waals surface area contributed by atoms with E-state index < -0.39 is 12.0 Å². The van der Waals surface area contributed by atoms with E-state index in [-0.39, 0.29) is 0 Å². The van der Waals surface area contributed by atoms with Gasteiger partial charge in [0.15, 0.2) is 0 Å². The molecule has 0 saturated carbocycles. The first-order chi connectivity index (χ1) is 12.7. The number of H-pyrrole nitrogens is 1. The van der Waals surface area contributed by atoms with Gasteiger partial charge in [-0.25, -0.2) is 0 Å². The standard InChI is InChI=1S/C21H24N2O3/c1-2-10-26-17-7-5-6-15(11-17)13-22-20(21(24)25)12-16-14-23-19-9-4-3-8-18(16)19/h3-9,11,14,20,22-23H,2,10,12-13H2,1H3,(H,24,25). The number of ether oxygens (including phenoxy) is 1. The Labute approximate surface area is 153 Å². The highest BCUT2D eigenvalue weighted by molar-refractivity contribution is 5.84. The number of fused-ring (bicyclic) bond motifs is 1. The number of aromatic amines is 1. The Bertz CT molecular complexity index is 872. The van der Waals surface area contributed by atoms with Gasteiger partial charge in [0, 0.05) is 30.1 Å². The van der Waals surface area contributed by atoms with Gasteiger partial charge in [-0.3, -0.25) is 4.79 Å². The number of carboxylic acid groups (broad SMARTS) is 1. The number of carboxylic acids is 1. The Kier molecular flexibility index (Phi) is 5.92. The summed E-state index contributed by atoms with van der Waals surface area (Å²) in [5, 5.41) is 13.8. The first kappa shape index (κ1) is 18.0. The molecule has 0 bridgehead atoms. The normalized spacial score (nSPS) is 12.2. The predicted octanol–water partition coefficient (Wildman–Crippen LogP) is 3.74. The molecule has 26 heavy (non-hydrogen) atoms. The SMILES string of the molecule is CCCOc1cccc(CNC(Cc2c[nH]c3ccccc23)C(=O)O)c1. The highest BCUT2D eigenvalue weighted by Gasteiger charge is 2.19. The first-order valence-electron chi connectivity index (χ1n) is 8.90. The summed E-state index contributed by atoms with van der Waals surface area (Å²) in [5.41, 5.74) is 3.02. The Morgan fingerprint density at radius 3 is 2.88 bits per heavy atom. The van der Waals surface area contributed by atoms with E-state index in [9.17, 15) is 9.90 Å². The highest BCUT2D eigenvalue weighted by atomic mass is 16.5. The molecule has 0 saturated heterocycles. The lowest BCUT2D eigenvalue weighted by molar-refractivity contribution is -0.139. The molecule has 136 valence electrons. The van der Waals surface area contributed by atoms with E-state index in [1.54, 1.807) is 0 Å². The summed E-state index contributed by atoms with van der Waals surface area (Å²) in [5.74, 6) is -0.0386. The van der Waals surface area contributed by atoms with Crippen LogP contribution in [0.15, 0.2) is 54.7 Å². The maximum absolute atomic E-state index is 11.7. The van der Waals surface area contributed by atoms with Crippen LogP contribution in [-0.4, -0.2) is 28.7 Å². The van der Waals surface area contributed by atoms with Crippen molar-refractivity contribution in [1.82, 2.24) is 10.3 Å². The zero-order valence-corrected chi connectivity index (χ0v) is 14.9. The van der Waals surface area contributed by atoms with Crippen molar-refractivity contribution in [2.45, 2.75) is 32.4 Å². The fourth-order valence-corrected chi connectivity index (χ4v) is 2.97. The highest BCUT2D eigenvalue weighted by Crippen LogP contribution is 2.19. The van der Waals surface area contributed by atoms with Gasteiger partial charge in [0.25, 0.3) is 0 Å². The van der Waals surface area contributed by atoms with Gasteiger partial charge in [-0.2, -0.15) is 0 Å². The average molecular weight is 352 g/mol. The second kappa shape index (κ2) is 8.54. The number of benzene rings is 2. The lowest BCUT2D eigenvalue weighted by Gasteiger charge is -2.15. The van der Waals surface area contributed by atoms with Crippen LogP contribution in [0.5, 0.6) is 5.75 Å². The fraction of sp³-hybridized carbons (Fsp3) is 0.286. The molecule has 1 unspecified atom stereocenters. The van der Waals surface area contributed by atoms with Crippen molar-refractivity contribution in [1.29, 1.82) is 0 Å².